The second-order valence-corrected chi connectivity index (χ2v) is 6.97. The van der Waals surface area contributed by atoms with Crippen LogP contribution in [-0.4, -0.2) is 0 Å². The largest absolute Gasteiger partial charge is 0.372 e. The van der Waals surface area contributed by atoms with Crippen LogP contribution in [-0.2, 0) is 18.0 Å². The summed E-state index contributed by atoms with van der Waals surface area (Å²) in [5, 5.41) is 0. The summed E-state index contributed by atoms with van der Waals surface area (Å²) < 4.78 is 5.47. The molecular weight excluding hydrogens is 222 g/mol. The second kappa shape index (κ2) is 3.58. The first-order valence-corrected chi connectivity index (χ1v) is 6.81. The monoisotopic (exact) mass is 245 g/mol. The van der Waals surface area contributed by atoms with Crippen LogP contribution in [0.1, 0.15) is 50.4 Å². The predicted molar refractivity (Wildman–Crippen MR) is 72.9 cm³/mol. The van der Waals surface area contributed by atoms with Gasteiger partial charge in [0.15, 0.2) is 0 Å². The van der Waals surface area contributed by atoms with Gasteiger partial charge < -0.3 is 10.5 Å². The van der Waals surface area contributed by atoms with Crippen LogP contribution in [0.5, 0.6) is 0 Å². The second-order valence-electron chi connectivity index (χ2n) is 6.97. The highest BCUT2D eigenvalue weighted by Gasteiger charge is 2.66. The summed E-state index contributed by atoms with van der Waals surface area (Å²) >= 11 is 0. The third kappa shape index (κ3) is 1.49. The quantitative estimate of drug-likeness (QED) is 0.866. The van der Waals surface area contributed by atoms with Gasteiger partial charge in [-0.1, -0.05) is 45.9 Å². The molecule has 2 N–H and O–H groups in total. The van der Waals surface area contributed by atoms with Crippen LogP contribution in [0.2, 0.25) is 0 Å². The van der Waals surface area contributed by atoms with Crippen molar-refractivity contribution >= 4 is 0 Å². The van der Waals surface area contributed by atoms with Gasteiger partial charge in [0.2, 0.25) is 0 Å². The van der Waals surface area contributed by atoms with E-state index in [0.29, 0.717) is 16.7 Å². The Hall–Kier alpha value is -0.860. The molecule has 1 aromatic rings. The van der Waals surface area contributed by atoms with Crippen molar-refractivity contribution in [1.82, 2.24) is 0 Å². The molecular formula is C16H23NO. The number of hydrogen-bond donors (Lipinski definition) is 1. The molecule has 2 heteroatoms. The van der Waals surface area contributed by atoms with Crippen LogP contribution in [0, 0.1) is 16.7 Å². The first kappa shape index (κ1) is 12.2. The Morgan fingerprint density at radius 1 is 1.11 bits per heavy atom. The first-order chi connectivity index (χ1) is 8.35. The van der Waals surface area contributed by atoms with Gasteiger partial charge >= 0.3 is 0 Å². The maximum absolute atomic E-state index is 6.50. The molecule has 3 rings (SSSR count). The SMILES string of the molecule is CC1(C)C(C(N)c2ccc3c(c2)COC3)C1(C)C. The van der Waals surface area contributed by atoms with Crippen molar-refractivity contribution in [2.24, 2.45) is 22.5 Å². The highest BCUT2D eigenvalue weighted by molar-refractivity contribution is 5.36. The summed E-state index contributed by atoms with van der Waals surface area (Å²) in [6.07, 6.45) is 0. The Balaban J connectivity index is 1.88. The third-order valence-corrected chi connectivity index (χ3v) is 5.62. The van der Waals surface area contributed by atoms with E-state index in [1.807, 2.05) is 0 Å². The topological polar surface area (TPSA) is 35.2 Å². The minimum Gasteiger partial charge on any atom is -0.372 e. The number of nitrogens with two attached hydrogens (primary N) is 1. The van der Waals surface area contributed by atoms with Gasteiger partial charge in [-0.15, -0.1) is 0 Å². The highest BCUT2D eigenvalue weighted by Crippen LogP contribution is 2.71. The molecule has 2 aliphatic rings. The molecule has 0 saturated heterocycles. The molecule has 1 unspecified atom stereocenters. The molecule has 1 saturated carbocycles. The molecule has 1 aliphatic heterocycles. The van der Waals surface area contributed by atoms with Crippen LogP contribution in [0.4, 0.5) is 0 Å². The lowest BCUT2D eigenvalue weighted by atomic mass is 9.95. The van der Waals surface area contributed by atoms with E-state index in [2.05, 4.69) is 45.9 Å². The molecule has 0 amide bonds. The number of ether oxygens (including phenoxy) is 1. The lowest BCUT2D eigenvalue weighted by Crippen LogP contribution is -2.16. The Morgan fingerprint density at radius 2 is 1.72 bits per heavy atom. The molecule has 1 heterocycles. The van der Waals surface area contributed by atoms with E-state index in [-0.39, 0.29) is 6.04 Å². The normalized spacial score (nSPS) is 25.8. The summed E-state index contributed by atoms with van der Waals surface area (Å²) in [5.74, 6) is 0.561. The van der Waals surface area contributed by atoms with Gasteiger partial charge in [-0.05, 0) is 33.4 Å². The smallest absolute Gasteiger partial charge is 0.0725 e. The summed E-state index contributed by atoms with van der Waals surface area (Å²) in [6, 6.07) is 6.75. The fraction of sp³-hybridized carbons (Fsp3) is 0.625. The van der Waals surface area contributed by atoms with E-state index in [1.165, 1.54) is 16.7 Å². The average Bonchev–Trinajstić information content (AvgIpc) is 2.69. The number of hydrogen-bond acceptors (Lipinski definition) is 2. The van der Waals surface area contributed by atoms with Crippen LogP contribution < -0.4 is 5.73 Å². The van der Waals surface area contributed by atoms with Crippen molar-refractivity contribution in [3.8, 4) is 0 Å². The number of rotatable bonds is 2. The molecule has 18 heavy (non-hydrogen) atoms. The van der Waals surface area contributed by atoms with Gasteiger partial charge in [-0.25, -0.2) is 0 Å². The molecule has 1 fully saturated rings. The average molecular weight is 245 g/mol. The van der Waals surface area contributed by atoms with E-state index in [0.717, 1.165) is 13.2 Å². The zero-order chi connectivity index (χ0) is 13.1. The summed E-state index contributed by atoms with van der Waals surface area (Å²) in [4.78, 5) is 0. The molecule has 0 spiro atoms. The maximum Gasteiger partial charge on any atom is 0.0725 e. The Bertz CT molecular complexity index is 476. The maximum atomic E-state index is 6.50. The van der Waals surface area contributed by atoms with Gasteiger partial charge in [0.25, 0.3) is 0 Å². The van der Waals surface area contributed by atoms with Crippen molar-refractivity contribution in [1.29, 1.82) is 0 Å². The van der Waals surface area contributed by atoms with E-state index >= 15 is 0 Å². The molecule has 0 aromatic heterocycles. The van der Waals surface area contributed by atoms with E-state index in [1.54, 1.807) is 0 Å². The Kier molecular flexibility index (Phi) is 2.43. The van der Waals surface area contributed by atoms with Gasteiger partial charge in [0.1, 0.15) is 0 Å². The lowest BCUT2D eigenvalue weighted by molar-refractivity contribution is 0.134. The first-order valence-electron chi connectivity index (χ1n) is 6.81. The summed E-state index contributed by atoms with van der Waals surface area (Å²) in [5.41, 5.74) is 11.1. The zero-order valence-corrected chi connectivity index (χ0v) is 11.8. The molecule has 0 radical (unpaired) electrons. The zero-order valence-electron chi connectivity index (χ0n) is 11.8. The lowest BCUT2D eigenvalue weighted by Gasteiger charge is -2.15. The van der Waals surface area contributed by atoms with Gasteiger partial charge in [0.05, 0.1) is 13.2 Å². The van der Waals surface area contributed by atoms with Gasteiger partial charge in [0, 0.05) is 6.04 Å². The fourth-order valence-corrected chi connectivity index (χ4v) is 3.74. The molecule has 0 bridgehead atoms. The van der Waals surface area contributed by atoms with Gasteiger partial charge in [-0.3, -0.25) is 0 Å². The summed E-state index contributed by atoms with van der Waals surface area (Å²) in [6.45, 7) is 10.8. The summed E-state index contributed by atoms with van der Waals surface area (Å²) in [7, 11) is 0. The van der Waals surface area contributed by atoms with Crippen LogP contribution in [0.25, 0.3) is 0 Å². The van der Waals surface area contributed by atoms with Crippen molar-refractivity contribution in [2.45, 2.75) is 47.0 Å². The standard InChI is InChI=1S/C16H23NO/c1-15(2)14(16(15,3)4)13(17)10-5-6-11-8-18-9-12(11)7-10/h5-7,13-14H,8-9,17H2,1-4H3. The van der Waals surface area contributed by atoms with Crippen LogP contribution >= 0.6 is 0 Å². The minimum atomic E-state index is 0.140. The highest BCUT2D eigenvalue weighted by atomic mass is 16.5. The molecule has 2 nitrogen and oxygen atoms in total. The molecule has 1 atom stereocenters. The van der Waals surface area contributed by atoms with Gasteiger partial charge in [-0.2, -0.15) is 0 Å². The van der Waals surface area contributed by atoms with Crippen molar-refractivity contribution in [3.63, 3.8) is 0 Å². The van der Waals surface area contributed by atoms with Crippen LogP contribution in [0.3, 0.4) is 0 Å². The Morgan fingerprint density at radius 3 is 2.33 bits per heavy atom. The van der Waals surface area contributed by atoms with Crippen molar-refractivity contribution < 1.29 is 4.74 Å². The molecule has 1 aromatic carbocycles. The van der Waals surface area contributed by atoms with E-state index < -0.39 is 0 Å². The van der Waals surface area contributed by atoms with Crippen molar-refractivity contribution in [2.75, 3.05) is 0 Å². The number of benzene rings is 1. The fourth-order valence-electron chi connectivity index (χ4n) is 3.74. The Labute approximate surface area is 110 Å². The van der Waals surface area contributed by atoms with Crippen molar-refractivity contribution in [3.05, 3.63) is 34.9 Å². The van der Waals surface area contributed by atoms with Crippen LogP contribution in [0.15, 0.2) is 18.2 Å². The number of fused-ring (bicyclic) bond motifs is 1. The molecule has 1 aliphatic carbocycles. The molecule has 98 valence electrons. The van der Waals surface area contributed by atoms with E-state index in [9.17, 15) is 0 Å². The third-order valence-electron chi connectivity index (χ3n) is 5.62. The predicted octanol–water partition coefficient (Wildman–Crippen LogP) is 3.40. The van der Waals surface area contributed by atoms with E-state index in [4.69, 9.17) is 10.5 Å². The minimum absolute atomic E-state index is 0.140.